The van der Waals surface area contributed by atoms with Crippen LogP contribution in [0.5, 0.6) is 0 Å². The number of rotatable bonds is 4. The lowest BCUT2D eigenvalue weighted by molar-refractivity contribution is -0.140. The van der Waals surface area contributed by atoms with Crippen molar-refractivity contribution < 1.29 is 14.0 Å². The summed E-state index contributed by atoms with van der Waals surface area (Å²) < 4.78 is 16.0. The van der Waals surface area contributed by atoms with E-state index in [1.807, 2.05) is 0 Å². The molecule has 0 N–H and O–H groups in total. The average molecular weight is 487 g/mol. The third-order valence-corrected chi connectivity index (χ3v) is 6.47. The summed E-state index contributed by atoms with van der Waals surface area (Å²) in [5.41, 5.74) is -0.853. The maximum absolute atomic E-state index is 13.7. The van der Waals surface area contributed by atoms with Crippen LogP contribution in [0.3, 0.4) is 0 Å². The molecule has 178 valence electrons. The number of piperazine rings is 1. The largest absolute Gasteiger partial charge is 0.339 e. The molecule has 4 rings (SSSR count). The van der Waals surface area contributed by atoms with E-state index in [0.29, 0.717) is 38.1 Å². The van der Waals surface area contributed by atoms with Crippen LogP contribution >= 0.6 is 11.6 Å². The van der Waals surface area contributed by atoms with E-state index in [0.717, 1.165) is 10.6 Å². The summed E-state index contributed by atoms with van der Waals surface area (Å²) in [5, 5.41) is 0.0187. The van der Waals surface area contributed by atoms with Crippen molar-refractivity contribution in [3.05, 3.63) is 74.1 Å². The second-order valence-electron chi connectivity index (χ2n) is 8.16. The minimum Gasteiger partial charge on any atom is -0.339 e. The summed E-state index contributed by atoms with van der Waals surface area (Å²) in [6, 6.07) is 9.30. The van der Waals surface area contributed by atoms with Gasteiger partial charge in [0.1, 0.15) is 11.9 Å². The van der Waals surface area contributed by atoms with Gasteiger partial charge in [-0.2, -0.15) is 0 Å². The summed E-state index contributed by atoms with van der Waals surface area (Å²) in [7, 11) is 0. The van der Waals surface area contributed by atoms with Gasteiger partial charge in [-0.3, -0.25) is 19.0 Å². The fourth-order valence-electron chi connectivity index (χ4n) is 4.36. The highest BCUT2D eigenvalue weighted by Crippen LogP contribution is 2.22. The van der Waals surface area contributed by atoms with Crippen LogP contribution in [0, 0.1) is 5.82 Å². The maximum atomic E-state index is 13.7. The van der Waals surface area contributed by atoms with Crippen LogP contribution in [0.4, 0.5) is 4.39 Å². The molecule has 2 aromatic carbocycles. The maximum Gasteiger partial charge on any atom is 0.336 e. The topological polar surface area (TPSA) is 84.6 Å². The lowest BCUT2D eigenvalue weighted by Crippen LogP contribution is -2.53. The fourth-order valence-corrected chi connectivity index (χ4v) is 4.53. The number of carbonyl (C=O) groups excluding carboxylic acids is 2. The molecule has 10 heteroatoms. The SMILES string of the molecule is CCC(C(=O)N1CCN(C(C)=O)CC1)n1c(=O)n(-c2ccc(F)c(Cl)c2)c(=O)c2ccccc21. The second kappa shape index (κ2) is 9.42. The Labute approximate surface area is 199 Å². The normalized spacial score (nSPS) is 14.9. The predicted molar refractivity (Wildman–Crippen MR) is 127 cm³/mol. The van der Waals surface area contributed by atoms with Crippen LogP contribution in [0.25, 0.3) is 16.6 Å². The summed E-state index contributed by atoms with van der Waals surface area (Å²) in [6.07, 6.45) is 0.304. The van der Waals surface area contributed by atoms with E-state index in [2.05, 4.69) is 0 Å². The van der Waals surface area contributed by atoms with E-state index in [9.17, 15) is 23.6 Å². The Hall–Kier alpha value is -3.46. The van der Waals surface area contributed by atoms with Gasteiger partial charge in [0.25, 0.3) is 5.56 Å². The fraction of sp³-hybridized carbons (Fsp3) is 0.333. The van der Waals surface area contributed by atoms with Gasteiger partial charge < -0.3 is 9.80 Å². The number of hydrogen-bond donors (Lipinski definition) is 0. The first-order valence-corrected chi connectivity index (χ1v) is 11.4. The van der Waals surface area contributed by atoms with Gasteiger partial charge in [-0.1, -0.05) is 30.7 Å². The number of benzene rings is 2. The summed E-state index contributed by atoms with van der Waals surface area (Å²) in [5.74, 6) is -0.988. The molecule has 0 bridgehead atoms. The molecule has 3 aromatic rings. The molecular formula is C24H24ClFN4O4. The van der Waals surface area contributed by atoms with Crippen molar-refractivity contribution in [3.8, 4) is 5.69 Å². The van der Waals surface area contributed by atoms with Crippen LogP contribution < -0.4 is 11.2 Å². The first-order valence-electron chi connectivity index (χ1n) is 11.0. The molecule has 1 fully saturated rings. The smallest absolute Gasteiger partial charge is 0.336 e. The van der Waals surface area contributed by atoms with E-state index in [4.69, 9.17) is 11.6 Å². The molecule has 2 amide bonds. The van der Waals surface area contributed by atoms with E-state index >= 15 is 0 Å². The minimum atomic E-state index is -0.871. The molecule has 0 radical (unpaired) electrons. The quantitative estimate of drug-likeness (QED) is 0.567. The zero-order valence-corrected chi connectivity index (χ0v) is 19.6. The number of para-hydroxylation sites is 1. The van der Waals surface area contributed by atoms with Gasteiger partial charge in [0.05, 0.1) is 21.6 Å². The summed E-state index contributed by atoms with van der Waals surface area (Å²) >= 11 is 5.91. The molecule has 2 heterocycles. The van der Waals surface area contributed by atoms with Crippen molar-refractivity contribution in [1.29, 1.82) is 0 Å². The Morgan fingerprint density at radius 2 is 1.68 bits per heavy atom. The number of fused-ring (bicyclic) bond motifs is 1. The van der Waals surface area contributed by atoms with E-state index < -0.39 is 23.1 Å². The molecule has 8 nitrogen and oxygen atoms in total. The standard InChI is InChI=1S/C24H24ClFN4O4/c1-3-20(23(33)28-12-10-27(11-13-28)15(2)31)30-21-7-5-4-6-17(21)22(32)29(24(30)34)16-8-9-19(26)18(25)14-16/h4-9,14,20H,3,10-13H2,1-2H3. The molecule has 1 unspecified atom stereocenters. The third kappa shape index (κ3) is 4.11. The second-order valence-corrected chi connectivity index (χ2v) is 8.57. The highest BCUT2D eigenvalue weighted by molar-refractivity contribution is 6.30. The molecular weight excluding hydrogens is 463 g/mol. The predicted octanol–water partition coefficient (Wildman–Crippen LogP) is 2.59. The van der Waals surface area contributed by atoms with E-state index in [-0.39, 0.29) is 27.9 Å². The van der Waals surface area contributed by atoms with Gasteiger partial charge in [-0.15, -0.1) is 0 Å². The molecule has 1 aromatic heterocycles. The molecule has 34 heavy (non-hydrogen) atoms. The molecule has 1 aliphatic heterocycles. The van der Waals surface area contributed by atoms with Gasteiger partial charge in [0, 0.05) is 33.1 Å². The van der Waals surface area contributed by atoms with Crippen molar-refractivity contribution in [1.82, 2.24) is 18.9 Å². The molecule has 0 aliphatic carbocycles. The van der Waals surface area contributed by atoms with Crippen LogP contribution in [-0.4, -0.2) is 56.9 Å². The first-order chi connectivity index (χ1) is 16.2. The number of nitrogens with zero attached hydrogens (tertiary/aromatic N) is 4. The van der Waals surface area contributed by atoms with Crippen molar-refractivity contribution in [2.75, 3.05) is 26.2 Å². The Bertz CT molecular complexity index is 1390. The summed E-state index contributed by atoms with van der Waals surface area (Å²) in [4.78, 5) is 55.4. The van der Waals surface area contributed by atoms with Gasteiger partial charge in [0.15, 0.2) is 0 Å². The average Bonchev–Trinajstić information content (AvgIpc) is 2.83. The first kappa shape index (κ1) is 23.7. The lowest BCUT2D eigenvalue weighted by Gasteiger charge is -2.36. The highest BCUT2D eigenvalue weighted by Gasteiger charge is 2.31. The number of amides is 2. The lowest BCUT2D eigenvalue weighted by atomic mass is 10.1. The van der Waals surface area contributed by atoms with Gasteiger partial charge in [-0.25, -0.2) is 13.8 Å². The third-order valence-electron chi connectivity index (χ3n) is 6.18. The number of carbonyl (C=O) groups is 2. The van der Waals surface area contributed by atoms with Crippen LogP contribution in [0.2, 0.25) is 5.02 Å². The summed E-state index contributed by atoms with van der Waals surface area (Å²) in [6.45, 7) is 4.83. The van der Waals surface area contributed by atoms with Crippen molar-refractivity contribution in [3.63, 3.8) is 0 Å². The molecule has 0 saturated carbocycles. The molecule has 1 saturated heterocycles. The Morgan fingerprint density at radius 1 is 1.03 bits per heavy atom. The van der Waals surface area contributed by atoms with E-state index in [1.54, 1.807) is 41.0 Å². The minimum absolute atomic E-state index is 0.0496. The monoisotopic (exact) mass is 486 g/mol. The van der Waals surface area contributed by atoms with Crippen molar-refractivity contribution in [2.45, 2.75) is 26.3 Å². The Kier molecular flexibility index (Phi) is 6.56. The zero-order valence-electron chi connectivity index (χ0n) is 18.8. The Balaban J connectivity index is 1.86. The van der Waals surface area contributed by atoms with Crippen LogP contribution in [-0.2, 0) is 9.59 Å². The van der Waals surface area contributed by atoms with Gasteiger partial charge >= 0.3 is 5.69 Å². The number of hydrogen-bond acceptors (Lipinski definition) is 4. The molecule has 0 spiro atoms. The number of halogens is 2. The van der Waals surface area contributed by atoms with E-state index in [1.165, 1.54) is 23.6 Å². The van der Waals surface area contributed by atoms with Crippen LogP contribution in [0.15, 0.2) is 52.1 Å². The highest BCUT2D eigenvalue weighted by atomic mass is 35.5. The van der Waals surface area contributed by atoms with Crippen LogP contribution in [0.1, 0.15) is 26.3 Å². The molecule has 1 aliphatic rings. The van der Waals surface area contributed by atoms with Crippen molar-refractivity contribution >= 4 is 34.3 Å². The Morgan fingerprint density at radius 3 is 2.29 bits per heavy atom. The zero-order chi connectivity index (χ0) is 24.6. The van der Waals surface area contributed by atoms with Gasteiger partial charge in [0.2, 0.25) is 11.8 Å². The number of aromatic nitrogens is 2. The molecule has 1 atom stereocenters. The van der Waals surface area contributed by atoms with Crippen molar-refractivity contribution in [2.24, 2.45) is 0 Å². The van der Waals surface area contributed by atoms with Gasteiger partial charge in [-0.05, 0) is 36.8 Å².